The predicted octanol–water partition coefficient (Wildman–Crippen LogP) is 1.53. The lowest BCUT2D eigenvalue weighted by Gasteiger charge is -2.41. The fourth-order valence-corrected chi connectivity index (χ4v) is 3.31. The number of hydrogen-bond donors (Lipinski definition) is 2. The van der Waals surface area contributed by atoms with Crippen molar-refractivity contribution >= 4 is 0 Å². The van der Waals surface area contributed by atoms with Gasteiger partial charge in [0.15, 0.2) is 0 Å². The van der Waals surface area contributed by atoms with Gasteiger partial charge in [0.05, 0.1) is 6.61 Å². The average Bonchev–Trinajstić information content (AvgIpc) is 2.31. The van der Waals surface area contributed by atoms with E-state index in [9.17, 15) is 0 Å². The third-order valence-electron chi connectivity index (χ3n) is 4.08. The summed E-state index contributed by atoms with van der Waals surface area (Å²) in [7, 11) is 1.83. The quantitative estimate of drug-likeness (QED) is 0.763. The molecule has 2 fully saturated rings. The summed E-state index contributed by atoms with van der Waals surface area (Å²) in [6.45, 7) is 4.46. The van der Waals surface area contributed by atoms with Crippen LogP contribution < -0.4 is 10.6 Å². The summed E-state index contributed by atoms with van der Waals surface area (Å²) in [6, 6.07) is 0. The second-order valence-electron chi connectivity index (χ2n) is 5.51. The molecule has 3 nitrogen and oxygen atoms in total. The maximum atomic E-state index is 5.44. The summed E-state index contributed by atoms with van der Waals surface area (Å²) < 4.78 is 5.44. The molecule has 2 heterocycles. The second-order valence-corrected chi connectivity index (χ2v) is 5.51. The highest BCUT2D eigenvalue weighted by molar-refractivity contribution is 4.93. The van der Waals surface area contributed by atoms with Crippen LogP contribution in [0.3, 0.4) is 0 Å². The Hall–Kier alpha value is -0.120. The van der Waals surface area contributed by atoms with E-state index in [0.29, 0.717) is 0 Å². The molecule has 0 saturated carbocycles. The highest BCUT2D eigenvalue weighted by atomic mass is 16.5. The van der Waals surface area contributed by atoms with E-state index in [0.717, 1.165) is 12.5 Å². The molecule has 16 heavy (non-hydrogen) atoms. The minimum absolute atomic E-state index is 0.274. The highest BCUT2D eigenvalue weighted by Gasteiger charge is 2.34. The maximum Gasteiger partial charge on any atom is 0.0644 e. The van der Waals surface area contributed by atoms with Crippen LogP contribution in [0, 0.1) is 5.92 Å². The van der Waals surface area contributed by atoms with Gasteiger partial charge in [-0.1, -0.05) is 6.42 Å². The van der Waals surface area contributed by atoms with Crippen molar-refractivity contribution in [3.8, 4) is 0 Å². The predicted molar refractivity (Wildman–Crippen MR) is 66.7 cm³/mol. The monoisotopic (exact) mass is 226 g/mol. The summed E-state index contributed by atoms with van der Waals surface area (Å²) in [5.41, 5.74) is 0.274. The van der Waals surface area contributed by atoms with Crippen molar-refractivity contribution < 1.29 is 4.74 Å². The Labute approximate surface area is 99.3 Å². The molecule has 0 radical (unpaired) electrons. The molecule has 0 spiro atoms. The fourth-order valence-electron chi connectivity index (χ4n) is 3.31. The van der Waals surface area contributed by atoms with E-state index in [-0.39, 0.29) is 5.54 Å². The van der Waals surface area contributed by atoms with Crippen LogP contribution in [0.25, 0.3) is 0 Å². The van der Waals surface area contributed by atoms with Gasteiger partial charge in [-0.2, -0.15) is 0 Å². The third-order valence-corrected chi connectivity index (χ3v) is 4.08. The van der Waals surface area contributed by atoms with Gasteiger partial charge in [-0.25, -0.2) is 0 Å². The van der Waals surface area contributed by atoms with Crippen LogP contribution in [0.1, 0.15) is 38.5 Å². The first kappa shape index (κ1) is 12.3. The molecule has 2 aliphatic heterocycles. The number of nitrogens with one attached hydrogen (secondary N) is 2. The van der Waals surface area contributed by atoms with Gasteiger partial charge >= 0.3 is 0 Å². The van der Waals surface area contributed by atoms with Gasteiger partial charge in [0, 0.05) is 12.6 Å². The summed E-state index contributed by atoms with van der Waals surface area (Å²) >= 11 is 0. The van der Waals surface area contributed by atoms with Crippen molar-refractivity contribution in [2.24, 2.45) is 5.92 Å². The van der Waals surface area contributed by atoms with E-state index in [1.807, 2.05) is 7.11 Å². The zero-order valence-electron chi connectivity index (χ0n) is 10.6. The molecule has 0 aromatic heterocycles. The summed E-state index contributed by atoms with van der Waals surface area (Å²) in [5.74, 6) is 0.842. The molecule has 0 bridgehead atoms. The molecule has 3 heteroatoms. The van der Waals surface area contributed by atoms with E-state index in [4.69, 9.17) is 4.74 Å². The minimum atomic E-state index is 0.274. The molecule has 2 rings (SSSR count). The Balaban J connectivity index is 1.89. The van der Waals surface area contributed by atoms with Crippen LogP contribution in [-0.4, -0.2) is 38.9 Å². The van der Waals surface area contributed by atoms with Gasteiger partial charge in [0.1, 0.15) is 0 Å². The van der Waals surface area contributed by atoms with Gasteiger partial charge in [-0.05, 0) is 57.7 Å². The third kappa shape index (κ3) is 3.19. The number of piperidine rings is 2. The van der Waals surface area contributed by atoms with Crippen LogP contribution in [0.5, 0.6) is 0 Å². The van der Waals surface area contributed by atoms with Crippen molar-refractivity contribution in [3.05, 3.63) is 0 Å². The second kappa shape index (κ2) is 5.99. The smallest absolute Gasteiger partial charge is 0.0644 e. The lowest BCUT2D eigenvalue weighted by molar-refractivity contribution is 0.0680. The van der Waals surface area contributed by atoms with Crippen LogP contribution in [-0.2, 0) is 4.74 Å². The van der Waals surface area contributed by atoms with Gasteiger partial charge in [-0.3, -0.25) is 0 Å². The summed E-state index contributed by atoms with van der Waals surface area (Å²) in [6.07, 6.45) is 7.99. The van der Waals surface area contributed by atoms with Gasteiger partial charge < -0.3 is 15.4 Å². The Morgan fingerprint density at radius 3 is 2.81 bits per heavy atom. The summed E-state index contributed by atoms with van der Waals surface area (Å²) in [5, 5.41) is 7.24. The molecule has 2 unspecified atom stereocenters. The molecular weight excluding hydrogens is 200 g/mol. The van der Waals surface area contributed by atoms with Crippen LogP contribution in [0.15, 0.2) is 0 Å². The van der Waals surface area contributed by atoms with Crippen molar-refractivity contribution in [2.75, 3.05) is 33.4 Å². The van der Waals surface area contributed by atoms with Crippen LogP contribution in [0.2, 0.25) is 0 Å². The zero-order valence-corrected chi connectivity index (χ0v) is 10.6. The number of methoxy groups -OCH3 is 1. The number of hydrogen-bond acceptors (Lipinski definition) is 3. The van der Waals surface area contributed by atoms with Crippen LogP contribution in [0.4, 0.5) is 0 Å². The van der Waals surface area contributed by atoms with E-state index in [1.54, 1.807) is 0 Å². The molecule has 0 aromatic rings. The Morgan fingerprint density at radius 2 is 2.19 bits per heavy atom. The van der Waals surface area contributed by atoms with E-state index < -0.39 is 0 Å². The normalized spacial score (nSPS) is 36.2. The standard InChI is InChI=1S/C13H26N2O/c1-16-11-13(6-2-3-8-15-13)9-12-5-4-7-14-10-12/h12,14-15H,2-11H2,1H3. The topological polar surface area (TPSA) is 33.3 Å². The molecule has 2 N–H and O–H groups in total. The SMILES string of the molecule is COCC1(CC2CCCNC2)CCCCN1. The van der Waals surface area contributed by atoms with Crippen molar-refractivity contribution in [2.45, 2.75) is 44.1 Å². The average molecular weight is 226 g/mol. The first-order valence-corrected chi connectivity index (χ1v) is 6.79. The Morgan fingerprint density at radius 1 is 1.25 bits per heavy atom. The zero-order chi connectivity index (χ0) is 11.3. The molecule has 2 saturated heterocycles. The number of rotatable bonds is 4. The van der Waals surface area contributed by atoms with Crippen molar-refractivity contribution in [1.29, 1.82) is 0 Å². The molecule has 0 amide bonds. The molecule has 0 aliphatic carbocycles. The van der Waals surface area contributed by atoms with E-state index >= 15 is 0 Å². The Kier molecular flexibility index (Phi) is 4.62. The fraction of sp³-hybridized carbons (Fsp3) is 1.00. The maximum absolute atomic E-state index is 5.44. The van der Waals surface area contributed by atoms with Gasteiger partial charge in [-0.15, -0.1) is 0 Å². The van der Waals surface area contributed by atoms with Gasteiger partial charge in [0.25, 0.3) is 0 Å². The van der Waals surface area contributed by atoms with E-state index in [2.05, 4.69) is 10.6 Å². The first-order valence-electron chi connectivity index (χ1n) is 6.79. The number of ether oxygens (including phenoxy) is 1. The highest BCUT2D eigenvalue weighted by Crippen LogP contribution is 2.29. The van der Waals surface area contributed by atoms with Gasteiger partial charge in [0.2, 0.25) is 0 Å². The molecule has 2 aliphatic rings. The lowest BCUT2D eigenvalue weighted by Crippen LogP contribution is -2.54. The van der Waals surface area contributed by atoms with Crippen LogP contribution >= 0.6 is 0 Å². The minimum Gasteiger partial charge on any atom is -0.383 e. The lowest BCUT2D eigenvalue weighted by atomic mass is 9.79. The molecular formula is C13H26N2O. The first-order chi connectivity index (χ1) is 7.85. The van der Waals surface area contributed by atoms with Crippen molar-refractivity contribution in [1.82, 2.24) is 10.6 Å². The van der Waals surface area contributed by atoms with E-state index in [1.165, 1.54) is 58.2 Å². The Bertz CT molecular complexity index is 191. The molecule has 2 atom stereocenters. The largest absolute Gasteiger partial charge is 0.383 e. The van der Waals surface area contributed by atoms with Crippen molar-refractivity contribution in [3.63, 3.8) is 0 Å². The molecule has 0 aromatic carbocycles. The summed E-state index contributed by atoms with van der Waals surface area (Å²) in [4.78, 5) is 0. The molecule has 94 valence electrons.